The van der Waals surface area contributed by atoms with Crippen molar-refractivity contribution in [3.8, 4) is 0 Å². The Morgan fingerprint density at radius 1 is 1.50 bits per heavy atom. The number of aromatic nitrogens is 1. The van der Waals surface area contributed by atoms with Crippen LogP contribution in [0.5, 0.6) is 0 Å². The molecule has 1 aliphatic heterocycles. The third kappa shape index (κ3) is 3.11. The van der Waals surface area contributed by atoms with Crippen LogP contribution in [-0.4, -0.2) is 41.6 Å². The second kappa shape index (κ2) is 6.13. The number of nitrogens with one attached hydrogen (secondary N) is 1. The second-order valence-electron chi connectivity index (χ2n) is 5.42. The highest BCUT2D eigenvalue weighted by molar-refractivity contribution is 7.09. The fraction of sp³-hybridized carbons (Fsp3) is 0.786. The molecule has 0 bridgehead atoms. The summed E-state index contributed by atoms with van der Waals surface area (Å²) in [6, 6.07) is 0. The van der Waals surface area contributed by atoms with Crippen LogP contribution in [-0.2, 0) is 0 Å². The summed E-state index contributed by atoms with van der Waals surface area (Å²) in [4.78, 5) is 7.04. The molecule has 1 aromatic rings. The van der Waals surface area contributed by atoms with Crippen molar-refractivity contribution in [2.24, 2.45) is 0 Å². The van der Waals surface area contributed by atoms with Crippen LogP contribution < -0.4 is 5.32 Å². The van der Waals surface area contributed by atoms with Crippen molar-refractivity contribution in [3.63, 3.8) is 0 Å². The molecular weight excluding hydrogens is 242 g/mol. The van der Waals surface area contributed by atoms with Gasteiger partial charge in [0.25, 0.3) is 0 Å². The molecular formula is C14H25N3S. The van der Waals surface area contributed by atoms with Gasteiger partial charge in [-0.05, 0) is 12.8 Å². The molecule has 1 aliphatic rings. The van der Waals surface area contributed by atoms with Gasteiger partial charge in [-0.15, -0.1) is 11.3 Å². The van der Waals surface area contributed by atoms with Gasteiger partial charge in [0.05, 0.1) is 5.01 Å². The lowest BCUT2D eigenvalue weighted by Crippen LogP contribution is -2.60. The number of nitrogens with zero attached hydrogens (tertiary/aromatic N) is 2. The molecule has 0 spiro atoms. The maximum atomic E-state index is 4.43. The monoisotopic (exact) mass is 267 g/mol. The van der Waals surface area contributed by atoms with Crippen LogP contribution >= 0.6 is 11.3 Å². The Labute approximate surface area is 115 Å². The summed E-state index contributed by atoms with van der Waals surface area (Å²) < 4.78 is 0. The fourth-order valence-corrected chi connectivity index (χ4v) is 3.55. The van der Waals surface area contributed by atoms with E-state index in [1.165, 1.54) is 24.4 Å². The van der Waals surface area contributed by atoms with Crippen LogP contribution in [0.15, 0.2) is 11.6 Å². The van der Waals surface area contributed by atoms with E-state index in [9.17, 15) is 0 Å². The van der Waals surface area contributed by atoms with Gasteiger partial charge in [-0.1, -0.05) is 20.8 Å². The quantitative estimate of drug-likeness (QED) is 0.889. The molecule has 1 saturated heterocycles. The standard InChI is InChI=1S/C14H25N3S/c1-4-14(5-2)11-17(8-6-16-14)10-12(3)13-15-7-9-18-13/h7,9,12,16H,4-6,8,10-11H2,1-3H3. The zero-order valence-corrected chi connectivity index (χ0v) is 12.6. The van der Waals surface area contributed by atoms with Gasteiger partial charge in [-0.2, -0.15) is 0 Å². The summed E-state index contributed by atoms with van der Waals surface area (Å²) in [5, 5.41) is 7.06. The molecule has 0 aliphatic carbocycles. The highest BCUT2D eigenvalue weighted by atomic mass is 32.1. The van der Waals surface area contributed by atoms with Gasteiger partial charge in [-0.25, -0.2) is 4.98 Å². The van der Waals surface area contributed by atoms with Crippen molar-refractivity contribution in [1.29, 1.82) is 0 Å². The van der Waals surface area contributed by atoms with Crippen LogP contribution in [0.3, 0.4) is 0 Å². The normalized spacial score (nSPS) is 21.9. The zero-order valence-electron chi connectivity index (χ0n) is 11.8. The number of piperazine rings is 1. The second-order valence-corrected chi connectivity index (χ2v) is 6.35. The Kier molecular flexibility index (Phi) is 4.76. The highest BCUT2D eigenvalue weighted by Crippen LogP contribution is 2.23. The van der Waals surface area contributed by atoms with Gasteiger partial charge in [0.1, 0.15) is 0 Å². The van der Waals surface area contributed by atoms with Gasteiger partial charge in [0.15, 0.2) is 0 Å². The third-order valence-electron chi connectivity index (χ3n) is 4.21. The van der Waals surface area contributed by atoms with Gasteiger partial charge >= 0.3 is 0 Å². The van der Waals surface area contributed by atoms with Crippen molar-refractivity contribution >= 4 is 11.3 Å². The van der Waals surface area contributed by atoms with Gasteiger partial charge in [0, 0.05) is 49.2 Å². The highest BCUT2D eigenvalue weighted by Gasteiger charge is 2.32. The number of hydrogen-bond donors (Lipinski definition) is 1. The lowest BCUT2D eigenvalue weighted by atomic mass is 9.90. The number of rotatable bonds is 5. The predicted molar refractivity (Wildman–Crippen MR) is 78.3 cm³/mol. The fourth-order valence-electron chi connectivity index (χ4n) is 2.86. The summed E-state index contributed by atoms with van der Waals surface area (Å²) >= 11 is 1.78. The van der Waals surface area contributed by atoms with Gasteiger partial charge in [0.2, 0.25) is 0 Å². The first kappa shape index (κ1) is 14.0. The maximum Gasteiger partial charge on any atom is 0.0965 e. The van der Waals surface area contributed by atoms with Crippen LogP contribution in [0.4, 0.5) is 0 Å². The SMILES string of the molecule is CCC1(CC)CN(CC(C)c2nccs2)CCN1. The van der Waals surface area contributed by atoms with Crippen molar-refractivity contribution in [3.05, 3.63) is 16.6 Å². The smallest absolute Gasteiger partial charge is 0.0965 e. The van der Waals surface area contributed by atoms with E-state index >= 15 is 0 Å². The predicted octanol–water partition coefficient (Wildman–Crippen LogP) is 2.71. The molecule has 1 N–H and O–H groups in total. The number of hydrogen-bond acceptors (Lipinski definition) is 4. The molecule has 102 valence electrons. The van der Waals surface area contributed by atoms with Crippen LogP contribution in [0.1, 0.15) is 44.5 Å². The Bertz CT molecular complexity index is 346. The Morgan fingerprint density at radius 3 is 2.89 bits per heavy atom. The molecule has 1 aromatic heterocycles. The molecule has 0 aromatic carbocycles. The summed E-state index contributed by atoms with van der Waals surface area (Å²) in [7, 11) is 0. The average Bonchev–Trinajstić information content (AvgIpc) is 2.93. The molecule has 0 saturated carbocycles. The zero-order chi connectivity index (χ0) is 13.0. The molecule has 1 fully saturated rings. The molecule has 2 rings (SSSR count). The van der Waals surface area contributed by atoms with Crippen molar-refractivity contribution < 1.29 is 0 Å². The van der Waals surface area contributed by atoms with Gasteiger partial charge in [-0.3, -0.25) is 4.90 Å². The first-order chi connectivity index (χ1) is 8.69. The van der Waals surface area contributed by atoms with E-state index in [0.717, 1.165) is 19.6 Å². The molecule has 2 heterocycles. The molecule has 0 radical (unpaired) electrons. The summed E-state index contributed by atoms with van der Waals surface area (Å²) in [5.41, 5.74) is 0.334. The van der Waals surface area contributed by atoms with E-state index in [1.807, 2.05) is 6.20 Å². The van der Waals surface area contributed by atoms with Crippen LogP contribution in [0.2, 0.25) is 0 Å². The Morgan fingerprint density at radius 2 is 2.28 bits per heavy atom. The Hall–Kier alpha value is -0.450. The third-order valence-corrected chi connectivity index (χ3v) is 5.22. The van der Waals surface area contributed by atoms with Crippen LogP contribution in [0, 0.1) is 0 Å². The topological polar surface area (TPSA) is 28.2 Å². The summed E-state index contributed by atoms with van der Waals surface area (Å²) in [6.45, 7) is 11.5. The molecule has 3 nitrogen and oxygen atoms in total. The van der Waals surface area contributed by atoms with Crippen molar-refractivity contribution in [2.45, 2.75) is 45.1 Å². The first-order valence-corrected chi connectivity index (χ1v) is 7.94. The minimum Gasteiger partial charge on any atom is -0.309 e. The lowest BCUT2D eigenvalue weighted by molar-refractivity contribution is 0.119. The van der Waals surface area contributed by atoms with Gasteiger partial charge < -0.3 is 5.32 Å². The minimum atomic E-state index is 0.334. The summed E-state index contributed by atoms with van der Waals surface area (Å²) in [5.74, 6) is 0.550. The molecule has 0 amide bonds. The van der Waals surface area contributed by atoms with E-state index in [1.54, 1.807) is 11.3 Å². The van der Waals surface area contributed by atoms with Crippen molar-refractivity contribution in [1.82, 2.24) is 15.2 Å². The van der Waals surface area contributed by atoms with E-state index in [-0.39, 0.29) is 0 Å². The summed E-state index contributed by atoms with van der Waals surface area (Å²) in [6.07, 6.45) is 4.34. The van der Waals surface area contributed by atoms with E-state index in [2.05, 4.69) is 41.4 Å². The Balaban J connectivity index is 1.93. The van der Waals surface area contributed by atoms with E-state index in [4.69, 9.17) is 0 Å². The lowest BCUT2D eigenvalue weighted by Gasteiger charge is -2.43. The molecule has 1 unspecified atom stereocenters. The minimum absolute atomic E-state index is 0.334. The maximum absolute atomic E-state index is 4.43. The van der Waals surface area contributed by atoms with E-state index < -0.39 is 0 Å². The average molecular weight is 267 g/mol. The van der Waals surface area contributed by atoms with Crippen LogP contribution in [0.25, 0.3) is 0 Å². The number of thiazole rings is 1. The molecule has 18 heavy (non-hydrogen) atoms. The van der Waals surface area contributed by atoms with E-state index in [0.29, 0.717) is 11.5 Å². The largest absolute Gasteiger partial charge is 0.309 e. The van der Waals surface area contributed by atoms with Crippen molar-refractivity contribution in [2.75, 3.05) is 26.2 Å². The molecule has 1 atom stereocenters. The molecule has 4 heteroatoms. The first-order valence-electron chi connectivity index (χ1n) is 7.06.